The van der Waals surface area contributed by atoms with Crippen molar-refractivity contribution in [3.63, 3.8) is 0 Å². The van der Waals surface area contributed by atoms with Crippen molar-refractivity contribution in [3.8, 4) is 0 Å². The van der Waals surface area contributed by atoms with Gasteiger partial charge in [-0.15, -0.1) is 0 Å². The molecule has 0 amide bonds. The molecule has 0 spiro atoms. The molecule has 1 nitrogen and oxygen atoms in total. The monoisotopic (exact) mass is 259 g/mol. The molecular formula is C18H29N. The van der Waals surface area contributed by atoms with Gasteiger partial charge < -0.3 is 5.32 Å². The molecular weight excluding hydrogens is 230 g/mol. The van der Waals surface area contributed by atoms with E-state index in [2.05, 4.69) is 49.5 Å². The lowest BCUT2D eigenvalue weighted by Crippen LogP contribution is -2.39. The minimum Gasteiger partial charge on any atom is -0.316 e. The standard InChI is InChI=1S/C18H29N/c1-16(2)14-19-15-18(12-8-3-4-9-13-18)17-10-6-5-7-11-17/h5-7,10-11,16,19H,3-4,8-9,12-15H2,1-2H3. The van der Waals surface area contributed by atoms with Crippen LogP contribution in [0.4, 0.5) is 0 Å². The Balaban J connectivity index is 2.12. The molecule has 2 rings (SSSR count). The van der Waals surface area contributed by atoms with E-state index in [1.54, 1.807) is 5.56 Å². The first-order chi connectivity index (χ1) is 9.23. The van der Waals surface area contributed by atoms with Crippen LogP contribution in [-0.2, 0) is 5.41 Å². The molecule has 0 aromatic heterocycles. The molecule has 0 unspecified atom stereocenters. The fourth-order valence-electron chi connectivity index (χ4n) is 3.36. The van der Waals surface area contributed by atoms with Crippen LogP contribution in [0.15, 0.2) is 30.3 Å². The first-order valence-electron chi connectivity index (χ1n) is 7.99. The van der Waals surface area contributed by atoms with Crippen LogP contribution in [-0.4, -0.2) is 13.1 Å². The highest BCUT2D eigenvalue weighted by Gasteiger charge is 2.32. The molecule has 0 saturated heterocycles. The predicted molar refractivity (Wildman–Crippen MR) is 83.5 cm³/mol. The summed E-state index contributed by atoms with van der Waals surface area (Å²) in [6, 6.07) is 11.2. The zero-order chi connectivity index (χ0) is 13.6. The first-order valence-corrected chi connectivity index (χ1v) is 7.99. The number of nitrogens with one attached hydrogen (secondary N) is 1. The van der Waals surface area contributed by atoms with Crippen LogP contribution >= 0.6 is 0 Å². The Kier molecular flexibility index (Phi) is 5.45. The second-order valence-electron chi connectivity index (χ2n) is 6.59. The van der Waals surface area contributed by atoms with Crippen LogP contribution < -0.4 is 5.32 Å². The van der Waals surface area contributed by atoms with Gasteiger partial charge in [0.25, 0.3) is 0 Å². The zero-order valence-corrected chi connectivity index (χ0v) is 12.6. The van der Waals surface area contributed by atoms with Crippen molar-refractivity contribution in [1.82, 2.24) is 5.32 Å². The smallest absolute Gasteiger partial charge is 0.00777 e. The second-order valence-corrected chi connectivity index (χ2v) is 6.59. The Labute approximate surface area is 118 Å². The van der Waals surface area contributed by atoms with E-state index in [1.807, 2.05) is 0 Å². The molecule has 0 aliphatic heterocycles. The highest BCUT2D eigenvalue weighted by molar-refractivity contribution is 5.26. The summed E-state index contributed by atoms with van der Waals surface area (Å²) in [6.45, 7) is 6.86. The molecule has 1 saturated carbocycles. The van der Waals surface area contributed by atoms with Crippen molar-refractivity contribution in [1.29, 1.82) is 0 Å². The van der Waals surface area contributed by atoms with Gasteiger partial charge in [0.1, 0.15) is 0 Å². The molecule has 1 N–H and O–H groups in total. The van der Waals surface area contributed by atoms with Gasteiger partial charge in [-0.05, 0) is 30.9 Å². The lowest BCUT2D eigenvalue weighted by Gasteiger charge is -2.34. The van der Waals surface area contributed by atoms with E-state index in [0.717, 1.165) is 19.0 Å². The van der Waals surface area contributed by atoms with E-state index in [1.165, 1.54) is 38.5 Å². The zero-order valence-electron chi connectivity index (χ0n) is 12.6. The number of hydrogen-bond acceptors (Lipinski definition) is 1. The predicted octanol–water partition coefficient (Wildman–Crippen LogP) is 4.52. The van der Waals surface area contributed by atoms with Crippen LogP contribution in [0.3, 0.4) is 0 Å². The summed E-state index contributed by atoms with van der Waals surface area (Å²) < 4.78 is 0. The van der Waals surface area contributed by atoms with Crippen molar-refractivity contribution >= 4 is 0 Å². The SMILES string of the molecule is CC(C)CNCC1(c2ccccc2)CCCCCC1. The van der Waals surface area contributed by atoms with Gasteiger partial charge in [0, 0.05) is 12.0 Å². The molecule has 1 fully saturated rings. The van der Waals surface area contributed by atoms with E-state index in [4.69, 9.17) is 0 Å². The summed E-state index contributed by atoms with van der Waals surface area (Å²) in [5, 5.41) is 3.72. The summed E-state index contributed by atoms with van der Waals surface area (Å²) in [6.07, 6.45) is 8.30. The highest BCUT2D eigenvalue weighted by Crippen LogP contribution is 2.37. The third kappa shape index (κ3) is 4.07. The van der Waals surface area contributed by atoms with Crippen molar-refractivity contribution in [2.24, 2.45) is 5.92 Å². The second kappa shape index (κ2) is 7.09. The third-order valence-electron chi connectivity index (χ3n) is 4.46. The maximum Gasteiger partial charge on any atom is 0.00777 e. The van der Waals surface area contributed by atoms with Crippen LogP contribution in [0.2, 0.25) is 0 Å². The summed E-state index contributed by atoms with van der Waals surface area (Å²) in [4.78, 5) is 0. The molecule has 0 atom stereocenters. The largest absolute Gasteiger partial charge is 0.316 e. The van der Waals surface area contributed by atoms with Crippen molar-refractivity contribution in [3.05, 3.63) is 35.9 Å². The minimum absolute atomic E-state index is 0.382. The Morgan fingerprint density at radius 3 is 2.21 bits per heavy atom. The number of rotatable bonds is 5. The van der Waals surface area contributed by atoms with Crippen LogP contribution in [0.1, 0.15) is 57.9 Å². The normalized spacial score (nSPS) is 19.3. The number of benzene rings is 1. The fraction of sp³-hybridized carbons (Fsp3) is 0.667. The van der Waals surface area contributed by atoms with Gasteiger partial charge in [-0.2, -0.15) is 0 Å². The molecule has 1 aliphatic carbocycles. The average molecular weight is 259 g/mol. The van der Waals surface area contributed by atoms with Gasteiger partial charge in [0.05, 0.1) is 0 Å². The molecule has 1 aliphatic rings. The Morgan fingerprint density at radius 2 is 1.63 bits per heavy atom. The van der Waals surface area contributed by atoms with E-state index < -0.39 is 0 Å². The summed E-state index contributed by atoms with van der Waals surface area (Å²) in [7, 11) is 0. The van der Waals surface area contributed by atoms with Crippen molar-refractivity contribution in [2.45, 2.75) is 57.8 Å². The molecule has 0 radical (unpaired) electrons. The first kappa shape index (κ1) is 14.6. The number of hydrogen-bond donors (Lipinski definition) is 1. The maximum atomic E-state index is 3.72. The molecule has 1 aromatic rings. The Morgan fingerprint density at radius 1 is 1.00 bits per heavy atom. The third-order valence-corrected chi connectivity index (χ3v) is 4.46. The summed E-state index contributed by atoms with van der Waals surface area (Å²) >= 11 is 0. The van der Waals surface area contributed by atoms with E-state index in [9.17, 15) is 0 Å². The van der Waals surface area contributed by atoms with Gasteiger partial charge in [-0.1, -0.05) is 69.9 Å². The van der Waals surface area contributed by atoms with Crippen molar-refractivity contribution in [2.75, 3.05) is 13.1 Å². The minimum atomic E-state index is 0.382. The van der Waals surface area contributed by atoms with E-state index in [0.29, 0.717) is 5.41 Å². The molecule has 1 aromatic carbocycles. The van der Waals surface area contributed by atoms with E-state index in [-0.39, 0.29) is 0 Å². The highest BCUT2D eigenvalue weighted by atomic mass is 14.9. The quantitative estimate of drug-likeness (QED) is 0.766. The van der Waals surface area contributed by atoms with E-state index >= 15 is 0 Å². The van der Waals surface area contributed by atoms with Crippen LogP contribution in [0.25, 0.3) is 0 Å². The molecule has 1 heteroatoms. The van der Waals surface area contributed by atoms with Gasteiger partial charge in [0.2, 0.25) is 0 Å². The van der Waals surface area contributed by atoms with Gasteiger partial charge in [-0.3, -0.25) is 0 Å². The summed E-state index contributed by atoms with van der Waals surface area (Å²) in [5.41, 5.74) is 1.93. The lowest BCUT2D eigenvalue weighted by atomic mass is 9.74. The Bertz CT molecular complexity index is 347. The lowest BCUT2D eigenvalue weighted by molar-refractivity contribution is 0.340. The van der Waals surface area contributed by atoms with Gasteiger partial charge in [0.15, 0.2) is 0 Å². The summed E-state index contributed by atoms with van der Waals surface area (Å²) in [5.74, 6) is 0.735. The Hall–Kier alpha value is -0.820. The average Bonchev–Trinajstić information content (AvgIpc) is 2.66. The van der Waals surface area contributed by atoms with Crippen LogP contribution in [0.5, 0.6) is 0 Å². The fourth-order valence-corrected chi connectivity index (χ4v) is 3.36. The maximum absolute atomic E-state index is 3.72. The van der Waals surface area contributed by atoms with Gasteiger partial charge in [-0.25, -0.2) is 0 Å². The molecule has 106 valence electrons. The molecule has 0 bridgehead atoms. The molecule has 19 heavy (non-hydrogen) atoms. The van der Waals surface area contributed by atoms with Crippen molar-refractivity contribution < 1.29 is 0 Å². The van der Waals surface area contributed by atoms with Gasteiger partial charge >= 0.3 is 0 Å². The molecule has 0 heterocycles. The van der Waals surface area contributed by atoms with Crippen LogP contribution in [0, 0.1) is 5.92 Å². The topological polar surface area (TPSA) is 12.0 Å².